The van der Waals surface area contributed by atoms with Gasteiger partial charge in [-0.2, -0.15) is 0 Å². The minimum absolute atomic E-state index is 0.164. The molecule has 0 aliphatic carbocycles. The number of nitrogens with one attached hydrogen (secondary N) is 2. The van der Waals surface area contributed by atoms with E-state index in [2.05, 4.69) is 10.6 Å². The van der Waals surface area contributed by atoms with E-state index in [-0.39, 0.29) is 18.0 Å². The number of hydrogen-bond donors (Lipinski definition) is 2. The van der Waals surface area contributed by atoms with Crippen LogP contribution in [0.15, 0.2) is 42.5 Å². The molecule has 3 rings (SSSR count). The summed E-state index contributed by atoms with van der Waals surface area (Å²) in [6.45, 7) is 3.05. The highest BCUT2D eigenvalue weighted by Gasteiger charge is 2.21. The van der Waals surface area contributed by atoms with Crippen molar-refractivity contribution in [3.05, 3.63) is 53.6 Å². The number of urea groups is 1. The number of hydrogen-bond acceptors (Lipinski definition) is 4. The molecule has 1 saturated heterocycles. The third kappa shape index (κ3) is 4.99. The molecular formula is C22H27N3O4. The molecule has 1 atom stereocenters. The van der Waals surface area contributed by atoms with Crippen molar-refractivity contribution >= 4 is 17.6 Å². The van der Waals surface area contributed by atoms with Crippen LogP contribution in [0.2, 0.25) is 0 Å². The van der Waals surface area contributed by atoms with Gasteiger partial charge in [0.2, 0.25) is 5.91 Å². The molecule has 29 heavy (non-hydrogen) atoms. The number of anilines is 1. The summed E-state index contributed by atoms with van der Waals surface area (Å²) in [4.78, 5) is 25.9. The average molecular weight is 397 g/mol. The van der Waals surface area contributed by atoms with Crippen molar-refractivity contribution < 1.29 is 19.1 Å². The maximum absolute atomic E-state index is 12.3. The topological polar surface area (TPSA) is 79.9 Å². The van der Waals surface area contributed by atoms with Crippen molar-refractivity contribution in [1.82, 2.24) is 10.6 Å². The van der Waals surface area contributed by atoms with E-state index in [4.69, 9.17) is 9.47 Å². The predicted molar refractivity (Wildman–Crippen MR) is 111 cm³/mol. The van der Waals surface area contributed by atoms with Gasteiger partial charge in [0.25, 0.3) is 0 Å². The van der Waals surface area contributed by atoms with Gasteiger partial charge in [-0.3, -0.25) is 4.79 Å². The molecular weight excluding hydrogens is 370 g/mol. The molecule has 7 heteroatoms. The van der Waals surface area contributed by atoms with Crippen LogP contribution < -0.4 is 25.0 Å². The molecule has 0 aromatic heterocycles. The number of nitrogens with zero attached hydrogens (tertiary/aromatic N) is 1. The second kappa shape index (κ2) is 9.32. The van der Waals surface area contributed by atoms with Gasteiger partial charge in [0, 0.05) is 30.8 Å². The highest BCUT2D eigenvalue weighted by atomic mass is 16.5. The lowest BCUT2D eigenvalue weighted by atomic mass is 10.1. The summed E-state index contributed by atoms with van der Waals surface area (Å²) in [7, 11) is 3.19. The van der Waals surface area contributed by atoms with Gasteiger partial charge in [0.1, 0.15) is 11.5 Å². The smallest absolute Gasteiger partial charge is 0.315 e. The Bertz CT molecular complexity index is 867. The molecule has 1 heterocycles. The second-order valence-electron chi connectivity index (χ2n) is 6.97. The first kappa shape index (κ1) is 20.5. The van der Waals surface area contributed by atoms with Crippen LogP contribution in [0.25, 0.3) is 0 Å². The Labute approximate surface area is 171 Å². The van der Waals surface area contributed by atoms with Gasteiger partial charge >= 0.3 is 6.03 Å². The molecule has 0 saturated carbocycles. The molecule has 1 aliphatic rings. The highest BCUT2D eigenvalue weighted by Crippen LogP contribution is 2.29. The van der Waals surface area contributed by atoms with Crippen molar-refractivity contribution in [2.24, 2.45) is 0 Å². The zero-order chi connectivity index (χ0) is 20.8. The van der Waals surface area contributed by atoms with Crippen LogP contribution in [0.5, 0.6) is 11.5 Å². The van der Waals surface area contributed by atoms with Crippen LogP contribution in [0, 0.1) is 0 Å². The standard InChI is InChI=1S/C22H27N3O4/c1-15(19-13-18(28-2)10-11-20(19)29-3)24-22(27)23-14-16-6-8-17(9-7-16)25-12-4-5-21(25)26/h6-11,13,15H,4-5,12,14H2,1-3H3,(H2,23,24,27)/t15-/m1/s1. The van der Waals surface area contributed by atoms with E-state index in [0.717, 1.165) is 29.8 Å². The van der Waals surface area contributed by atoms with Gasteiger partial charge in [-0.25, -0.2) is 4.79 Å². The number of methoxy groups -OCH3 is 2. The first-order chi connectivity index (χ1) is 14.0. The van der Waals surface area contributed by atoms with Gasteiger partial charge in [0.15, 0.2) is 0 Å². The van der Waals surface area contributed by atoms with Crippen molar-refractivity contribution in [1.29, 1.82) is 0 Å². The van der Waals surface area contributed by atoms with Crippen LogP contribution in [-0.2, 0) is 11.3 Å². The molecule has 0 unspecified atom stereocenters. The van der Waals surface area contributed by atoms with Gasteiger partial charge in [-0.15, -0.1) is 0 Å². The Hall–Kier alpha value is -3.22. The molecule has 0 spiro atoms. The molecule has 2 aromatic rings. The van der Waals surface area contributed by atoms with Crippen LogP contribution >= 0.6 is 0 Å². The first-order valence-electron chi connectivity index (χ1n) is 9.67. The van der Waals surface area contributed by atoms with E-state index in [9.17, 15) is 9.59 Å². The molecule has 154 valence electrons. The zero-order valence-electron chi connectivity index (χ0n) is 17.0. The maximum Gasteiger partial charge on any atom is 0.315 e. The summed E-state index contributed by atoms with van der Waals surface area (Å²) in [6.07, 6.45) is 1.51. The van der Waals surface area contributed by atoms with E-state index < -0.39 is 0 Å². The number of carbonyl (C=O) groups is 2. The largest absolute Gasteiger partial charge is 0.497 e. The lowest BCUT2D eigenvalue weighted by molar-refractivity contribution is -0.117. The SMILES string of the molecule is COc1ccc(OC)c([C@@H](C)NC(=O)NCc2ccc(N3CCCC3=O)cc2)c1. The highest BCUT2D eigenvalue weighted by molar-refractivity contribution is 5.95. The zero-order valence-corrected chi connectivity index (χ0v) is 17.0. The molecule has 2 aromatic carbocycles. The lowest BCUT2D eigenvalue weighted by Gasteiger charge is -2.19. The first-order valence-corrected chi connectivity index (χ1v) is 9.67. The second-order valence-corrected chi connectivity index (χ2v) is 6.97. The van der Waals surface area contributed by atoms with E-state index >= 15 is 0 Å². The molecule has 1 fully saturated rings. The van der Waals surface area contributed by atoms with Gasteiger partial charge in [0.05, 0.1) is 20.3 Å². The predicted octanol–water partition coefficient (Wildman–Crippen LogP) is 3.39. The van der Waals surface area contributed by atoms with Crippen LogP contribution in [0.4, 0.5) is 10.5 Å². The number of rotatable bonds is 7. The minimum Gasteiger partial charge on any atom is -0.497 e. The Morgan fingerprint density at radius 2 is 1.90 bits per heavy atom. The Kier molecular flexibility index (Phi) is 6.59. The third-order valence-electron chi connectivity index (χ3n) is 5.03. The molecule has 0 radical (unpaired) electrons. The van der Waals surface area contributed by atoms with Crippen molar-refractivity contribution in [3.8, 4) is 11.5 Å². The molecule has 0 bridgehead atoms. The molecule has 3 amide bonds. The average Bonchev–Trinajstić information content (AvgIpc) is 3.17. The quantitative estimate of drug-likeness (QED) is 0.751. The summed E-state index contributed by atoms with van der Waals surface area (Å²) in [5.74, 6) is 1.55. The van der Waals surface area contributed by atoms with E-state index in [1.54, 1.807) is 19.1 Å². The fourth-order valence-electron chi connectivity index (χ4n) is 3.40. The summed E-state index contributed by atoms with van der Waals surface area (Å²) in [5, 5.41) is 5.78. The van der Waals surface area contributed by atoms with Gasteiger partial charge < -0.3 is 25.0 Å². The summed E-state index contributed by atoms with van der Waals surface area (Å²) >= 11 is 0. The Balaban J connectivity index is 1.55. The normalized spacial score (nSPS) is 14.4. The fourth-order valence-corrected chi connectivity index (χ4v) is 3.40. The summed E-state index contributed by atoms with van der Waals surface area (Å²) in [5.41, 5.74) is 2.70. The number of ether oxygens (including phenoxy) is 2. The van der Waals surface area contributed by atoms with Gasteiger partial charge in [-0.05, 0) is 49.2 Å². The third-order valence-corrected chi connectivity index (χ3v) is 5.03. The summed E-state index contributed by atoms with van der Waals surface area (Å²) in [6, 6.07) is 12.6. The number of amides is 3. The number of benzene rings is 2. The Morgan fingerprint density at radius 3 is 2.52 bits per heavy atom. The van der Waals surface area contributed by atoms with E-state index in [1.807, 2.05) is 49.4 Å². The maximum atomic E-state index is 12.3. The lowest BCUT2D eigenvalue weighted by Crippen LogP contribution is -2.36. The van der Waals surface area contributed by atoms with Crippen molar-refractivity contribution in [3.63, 3.8) is 0 Å². The molecule has 1 aliphatic heterocycles. The van der Waals surface area contributed by atoms with Crippen LogP contribution in [0.1, 0.15) is 36.9 Å². The van der Waals surface area contributed by atoms with Crippen LogP contribution in [-0.4, -0.2) is 32.7 Å². The van der Waals surface area contributed by atoms with Crippen molar-refractivity contribution in [2.75, 3.05) is 25.7 Å². The van der Waals surface area contributed by atoms with Crippen molar-refractivity contribution in [2.45, 2.75) is 32.4 Å². The minimum atomic E-state index is -0.277. The molecule has 2 N–H and O–H groups in total. The fraction of sp³-hybridized carbons (Fsp3) is 0.364. The van der Waals surface area contributed by atoms with Crippen LogP contribution in [0.3, 0.4) is 0 Å². The number of carbonyl (C=O) groups excluding carboxylic acids is 2. The van der Waals surface area contributed by atoms with E-state index in [1.165, 1.54) is 0 Å². The van der Waals surface area contributed by atoms with Gasteiger partial charge in [-0.1, -0.05) is 12.1 Å². The summed E-state index contributed by atoms with van der Waals surface area (Å²) < 4.78 is 10.6. The van der Waals surface area contributed by atoms with E-state index in [0.29, 0.717) is 24.5 Å². The monoisotopic (exact) mass is 397 g/mol. The Morgan fingerprint density at radius 1 is 1.14 bits per heavy atom. The molecule has 7 nitrogen and oxygen atoms in total.